The van der Waals surface area contributed by atoms with Crippen LogP contribution in [0.1, 0.15) is 11.3 Å². The Morgan fingerprint density at radius 2 is 1.68 bits per heavy atom. The molecule has 0 aliphatic rings. The Hall–Kier alpha value is -3.73. The van der Waals surface area contributed by atoms with Crippen molar-refractivity contribution in [2.24, 2.45) is 7.05 Å². The van der Waals surface area contributed by atoms with Gasteiger partial charge < -0.3 is 19.9 Å². The van der Waals surface area contributed by atoms with Crippen LogP contribution >= 0.6 is 0 Å². The molecule has 0 aliphatic heterocycles. The smallest absolute Gasteiger partial charge is 0.203 e. The molecule has 8 heteroatoms. The van der Waals surface area contributed by atoms with Crippen LogP contribution in [0.3, 0.4) is 0 Å². The van der Waals surface area contributed by atoms with E-state index in [0.717, 1.165) is 11.3 Å². The van der Waals surface area contributed by atoms with E-state index in [1.54, 1.807) is 16.8 Å². The van der Waals surface area contributed by atoms with Gasteiger partial charge in [-0.25, -0.2) is 4.98 Å². The molecule has 0 bridgehead atoms. The maximum atomic E-state index is 9.66. The van der Waals surface area contributed by atoms with Crippen LogP contribution in [0.2, 0.25) is 0 Å². The maximum Gasteiger partial charge on any atom is 0.203 e. The number of methoxy groups -OCH3 is 3. The summed E-state index contributed by atoms with van der Waals surface area (Å²) >= 11 is 0. The summed E-state index contributed by atoms with van der Waals surface area (Å²) in [4.78, 5) is 4.41. The number of hydrogen-bond donors (Lipinski definition) is 1. The van der Waals surface area contributed by atoms with E-state index in [1.165, 1.54) is 21.3 Å². The van der Waals surface area contributed by atoms with Crippen molar-refractivity contribution in [1.29, 1.82) is 5.26 Å². The predicted molar refractivity (Wildman–Crippen MR) is 105 cm³/mol. The standard InChI is InChI=1S/C20H21N5O3/c1-11-15(10-25(2)24-11)16-8-13(14(9-21)20(22)23-16)12-6-17(26-3)19(28-5)18(7-12)27-4/h6-8,10H,1-5H3,(H2,22,23). The second kappa shape index (κ2) is 7.48. The fourth-order valence-electron chi connectivity index (χ4n) is 3.14. The molecule has 0 fully saturated rings. The molecule has 144 valence electrons. The van der Waals surface area contributed by atoms with Gasteiger partial charge in [-0.05, 0) is 30.7 Å². The van der Waals surface area contributed by atoms with Crippen LogP contribution in [-0.4, -0.2) is 36.1 Å². The Morgan fingerprint density at radius 3 is 2.14 bits per heavy atom. The fraction of sp³-hybridized carbons (Fsp3) is 0.250. The predicted octanol–water partition coefficient (Wildman–Crippen LogP) is 2.94. The molecule has 2 heterocycles. The van der Waals surface area contributed by atoms with Gasteiger partial charge in [0, 0.05) is 24.4 Å². The molecule has 0 saturated heterocycles. The number of ether oxygens (including phenoxy) is 3. The van der Waals surface area contributed by atoms with Crippen molar-refractivity contribution in [3.8, 4) is 45.7 Å². The molecule has 0 spiro atoms. The molecular weight excluding hydrogens is 358 g/mol. The summed E-state index contributed by atoms with van der Waals surface area (Å²) in [7, 11) is 6.45. The highest BCUT2D eigenvalue weighted by Gasteiger charge is 2.20. The fourth-order valence-corrected chi connectivity index (χ4v) is 3.14. The van der Waals surface area contributed by atoms with E-state index in [1.807, 2.05) is 26.2 Å². The van der Waals surface area contributed by atoms with Crippen LogP contribution in [0.15, 0.2) is 24.4 Å². The normalized spacial score (nSPS) is 10.4. The number of hydrogen-bond acceptors (Lipinski definition) is 7. The molecule has 2 N–H and O–H groups in total. The van der Waals surface area contributed by atoms with Crippen molar-refractivity contribution < 1.29 is 14.2 Å². The van der Waals surface area contributed by atoms with Gasteiger partial charge in [-0.3, -0.25) is 4.68 Å². The maximum absolute atomic E-state index is 9.66. The highest BCUT2D eigenvalue weighted by molar-refractivity contribution is 5.82. The number of nitrogen functional groups attached to an aromatic ring is 1. The second-order valence-corrected chi connectivity index (χ2v) is 6.14. The Kier molecular flexibility index (Phi) is 5.09. The minimum atomic E-state index is 0.145. The number of nitrogens with zero attached hydrogens (tertiary/aromatic N) is 4. The highest BCUT2D eigenvalue weighted by atomic mass is 16.5. The van der Waals surface area contributed by atoms with Gasteiger partial charge in [0.05, 0.1) is 32.7 Å². The summed E-state index contributed by atoms with van der Waals surface area (Å²) in [6.45, 7) is 1.89. The van der Waals surface area contributed by atoms with Gasteiger partial charge in [0.2, 0.25) is 5.75 Å². The molecule has 2 aromatic heterocycles. The molecule has 1 aromatic carbocycles. The van der Waals surface area contributed by atoms with E-state index in [4.69, 9.17) is 19.9 Å². The van der Waals surface area contributed by atoms with E-state index >= 15 is 0 Å². The van der Waals surface area contributed by atoms with Crippen molar-refractivity contribution in [1.82, 2.24) is 14.8 Å². The third-order valence-corrected chi connectivity index (χ3v) is 4.42. The lowest BCUT2D eigenvalue weighted by atomic mass is 9.98. The molecule has 3 aromatic rings. The van der Waals surface area contributed by atoms with Crippen LogP contribution in [0.4, 0.5) is 5.82 Å². The summed E-state index contributed by atoms with van der Waals surface area (Å²) in [6, 6.07) is 7.51. The molecule has 0 saturated carbocycles. The van der Waals surface area contributed by atoms with Crippen LogP contribution in [-0.2, 0) is 7.05 Å². The van der Waals surface area contributed by atoms with E-state index in [-0.39, 0.29) is 11.4 Å². The lowest BCUT2D eigenvalue weighted by Gasteiger charge is -2.16. The van der Waals surface area contributed by atoms with Gasteiger partial charge in [0.15, 0.2) is 11.5 Å². The molecule has 0 atom stereocenters. The number of nitrogens with two attached hydrogens (primary N) is 1. The topological polar surface area (TPSA) is 108 Å². The number of aromatic nitrogens is 3. The van der Waals surface area contributed by atoms with Crippen molar-refractivity contribution in [2.75, 3.05) is 27.1 Å². The van der Waals surface area contributed by atoms with Gasteiger partial charge in [0.25, 0.3) is 0 Å². The average Bonchev–Trinajstić information content (AvgIpc) is 3.04. The summed E-state index contributed by atoms with van der Waals surface area (Å²) in [5, 5.41) is 14.0. The van der Waals surface area contributed by atoms with Crippen LogP contribution in [0.25, 0.3) is 22.4 Å². The number of rotatable bonds is 5. The molecule has 0 unspecified atom stereocenters. The van der Waals surface area contributed by atoms with Gasteiger partial charge in [0.1, 0.15) is 17.5 Å². The largest absolute Gasteiger partial charge is 0.493 e. The lowest BCUT2D eigenvalue weighted by Crippen LogP contribution is -2.01. The van der Waals surface area contributed by atoms with Gasteiger partial charge >= 0.3 is 0 Å². The first-order valence-corrected chi connectivity index (χ1v) is 8.45. The third kappa shape index (κ3) is 3.18. The number of benzene rings is 1. The SMILES string of the molecule is COc1cc(-c2cc(-c3cn(C)nc3C)nc(N)c2C#N)cc(OC)c1OC. The molecule has 0 aliphatic carbocycles. The van der Waals surface area contributed by atoms with Crippen LogP contribution < -0.4 is 19.9 Å². The summed E-state index contributed by atoms with van der Waals surface area (Å²) in [5.41, 5.74) is 9.99. The minimum absolute atomic E-state index is 0.145. The molecule has 8 nitrogen and oxygen atoms in total. The van der Waals surface area contributed by atoms with E-state index in [0.29, 0.717) is 34.1 Å². The van der Waals surface area contributed by atoms with Crippen molar-refractivity contribution in [3.63, 3.8) is 0 Å². The van der Waals surface area contributed by atoms with Gasteiger partial charge in [-0.15, -0.1) is 0 Å². The molecule has 0 amide bonds. The van der Waals surface area contributed by atoms with Crippen molar-refractivity contribution >= 4 is 5.82 Å². The zero-order valence-electron chi connectivity index (χ0n) is 16.4. The first-order chi connectivity index (χ1) is 13.4. The molecular formula is C20H21N5O3. The second-order valence-electron chi connectivity index (χ2n) is 6.14. The van der Waals surface area contributed by atoms with E-state index < -0.39 is 0 Å². The first kappa shape index (κ1) is 19.0. The number of anilines is 1. The quantitative estimate of drug-likeness (QED) is 0.726. The summed E-state index contributed by atoms with van der Waals surface area (Å²) < 4.78 is 18.0. The van der Waals surface area contributed by atoms with Gasteiger partial charge in [-0.1, -0.05) is 0 Å². The Labute approximate surface area is 163 Å². The Morgan fingerprint density at radius 1 is 1.04 bits per heavy atom. The van der Waals surface area contributed by atoms with Crippen molar-refractivity contribution in [2.45, 2.75) is 6.92 Å². The average molecular weight is 379 g/mol. The first-order valence-electron chi connectivity index (χ1n) is 8.45. The Balaban J connectivity index is 2.29. The van der Waals surface area contributed by atoms with Crippen LogP contribution in [0, 0.1) is 18.3 Å². The monoisotopic (exact) mass is 379 g/mol. The lowest BCUT2D eigenvalue weighted by molar-refractivity contribution is 0.324. The zero-order chi connectivity index (χ0) is 20.4. The van der Waals surface area contributed by atoms with E-state index in [2.05, 4.69) is 16.2 Å². The number of pyridine rings is 1. The van der Waals surface area contributed by atoms with Gasteiger partial charge in [-0.2, -0.15) is 10.4 Å². The molecule has 3 rings (SSSR count). The summed E-state index contributed by atoms with van der Waals surface area (Å²) in [6.07, 6.45) is 1.86. The molecule has 28 heavy (non-hydrogen) atoms. The summed E-state index contributed by atoms with van der Waals surface area (Å²) in [5.74, 6) is 1.58. The number of nitriles is 1. The van der Waals surface area contributed by atoms with Crippen molar-refractivity contribution in [3.05, 3.63) is 35.7 Å². The third-order valence-electron chi connectivity index (χ3n) is 4.42. The molecule has 0 radical (unpaired) electrons. The zero-order valence-corrected chi connectivity index (χ0v) is 16.4. The number of aryl methyl sites for hydroxylation is 2. The Bertz CT molecular complexity index is 1060. The van der Waals surface area contributed by atoms with E-state index in [9.17, 15) is 5.26 Å². The minimum Gasteiger partial charge on any atom is -0.493 e. The highest BCUT2D eigenvalue weighted by Crippen LogP contribution is 2.43. The van der Waals surface area contributed by atoms with Crippen LogP contribution in [0.5, 0.6) is 17.2 Å².